The quantitative estimate of drug-likeness (QED) is 0.141. The highest BCUT2D eigenvalue weighted by atomic mass is 28.3. The normalized spacial score (nSPS) is 14.0. The molecule has 5 heteroatoms. The van der Waals surface area contributed by atoms with Gasteiger partial charge in [0.25, 0.3) is 0 Å². The fraction of sp³-hybridized carbons (Fsp3) is 0.100. The van der Waals surface area contributed by atoms with Crippen LogP contribution in [0.2, 0.25) is 0 Å². The molecule has 15 aromatic rings. The standard InChI is InChI=1S/C80H65N3Si2/c1-79(2,3)54-41-45-71-65(49-54)66-50-55(80(4,5)6)42-46-72(66)83(71)58-44-48-74-68(53-58)67-52-57(82-69-35-18-16-33-63(69)64-34-17-19-36-70(64)82)43-47-73(67)81(74)56-25-24-32-62(51-56)85(61-30-14-9-15-31-61)77-39-22-20-37-75(77)84(59-26-10-7-11-27-59,60-28-12-8-13-29-60)76-38-21-23-40-78(76)85/h7-53H,1-6H3. The van der Waals surface area contributed by atoms with Crippen LogP contribution >= 0.6 is 0 Å². The zero-order chi connectivity index (χ0) is 57.4. The van der Waals surface area contributed by atoms with Crippen molar-refractivity contribution in [3.63, 3.8) is 0 Å². The van der Waals surface area contributed by atoms with Gasteiger partial charge >= 0.3 is 0 Å². The summed E-state index contributed by atoms with van der Waals surface area (Å²) in [6.45, 7) is 13.9. The van der Waals surface area contributed by atoms with Gasteiger partial charge in [0.15, 0.2) is 16.1 Å². The average Bonchev–Trinajstić information content (AvgIpc) is 1.51. The van der Waals surface area contributed by atoms with Gasteiger partial charge in [-0.3, -0.25) is 0 Å². The van der Waals surface area contributed by atoms with Crippen LogP contribution in [-0.2, 0) is 10.8 Å². The molecule has 0 bridgehead atoms. The number of hydrogen-bond acceptors (Lipinski definition) is 0. The maximum absolute atomic E-state index is 3.12. The topological polar surface area (TPSA) is 14.8 Å². The molecule has 16 rings (SSSR count). The van der Waals surface area contributed by atoms with Crippen molar-refractivity contribution in [3.8, 4) is 17.1 Å². The van der Waals surface area contributed by atoms with Crippen molar-refractivity contribution in [2.24, 2.45) is 0 Å². The van der Waals surface area contributed by atoms with Gasteiger partial charge in [-0.1, -0.05) is 242 Å². The molecule has 85 heavy (non-hydrogen) atoms. The Labute approximate surface area is 499 Å². The molecule has 0 saturated carbocycles. The third-order valence-corrected chi connectivity index (χ3v) is 29.2. The second-order valence-corrected chi connectivity index (χ2v) is 33.1. The van der Waals surface area contributed by atoms with Crippen molar-refractivity contribution in [2.75, 3.05) is 0 Å². The highest BCUT2D eigenvalue weighted by Crippen LogP contribution is 2.41. The third kappa shape index (κ3) is 7.49. The third-order valence-electron chi connectivity index (χ3n) is 19.0. The lowest BCUT2D eigenvalue weighted by Gasteiger charge is -2.48. The highest BCUT2D eigenvalue weighted by Gasteiger charge is 2.56. The lowest BCUT2D eigenvalue weighted by atomic mass is 9.85. The van der Waals surface area contributed by atoms with Crippen molar-refractivity contribution in [2.45, 2.75) is 52.4 Å². The molecule has 0 amide bonds. The van der Waals surface area contributed by atoms with Crippen molar-refractivity contribution >= 4 is 123 Å². The molecule has 1 aliphatic rings. The van der Waals surface area contributed by atoms with Crippen LogP contribution in [0.1, 0.15) is 52.7 Å². The van der Waals surface area contributed by atoms with Crippen molar-refractivity contribution in [3.05, 3.63) is 296 Å². The Morgan fingerprint density at radius 2 is 0.518 bits per heavy atom. The summed E-state index contributed by atoms with van der Waals surface area (Å²) in [6, 6.07) is 110. The number of fused-ring (bicyclic) bond motifs is 11. The minimum atomic E-state index is -3.12. The summed E-state index contributed by atoms with van der Waals surface area (Å²) in [4.78, 5) is 0. The van der Waals surface area contributed by atoms with Gasteiger partial charge in [-0.25, -0.2) is 0 Å². The molecule has 0 fully saturated rings. The average molecular weight is 1120 g/mol. The molecule has 3 nitrogen and oxygen atoms in total. The number of aromatic nitrogens is 3. The number of hydrogen-bond donors (Lipinski definition) is 0. The molecule has 0 N–H and O–H groups in total. The highest BCUT2D eigenvalue weighted by molar-refractivity contribution is 7.32. The molecule has 0 radical (unpaired) electrons. The first-order chi connectivity index (χ1) is 41.4. The van der Waals surface area contributed by atoms with Crippen LogP contribution in [0.4, 0.5) is 0 Å². The van der Waals surface area contributed by atoms with Gasteiger partial charge in [0, 0.05) is 49.4 Å². The molecular formula is C80H65N3Si2. The van der Waals surface area contributed by atoms with Gasteiger partial charge < -0.3 is 13.7 Å². The maximum atomic E-state index is 2.58. The first-order valence-corrected chi connectivity index (χ1v) is 34.1. The fourth-order valence-electron chi connectivity index (χ4n) is 15.1. The minimum absolute atomic E-state index is 0.00000657. The smallest absolute Gasteiger partial charge is 0.179 e. The predicted octanol–water partition coefficient (Wildman–Crippen LogP) is 14.6. The fourth-order valence-corrected chi connectivity index (χ4v) is 27.2. The molecular weight excluding hydrogens is 1060 g/mol. The summed E-state index contributed by atoms with van der Waals surface area (Å²) in [5.41, 5.74) is 13.3. The largest absolute Gasteiger partial charge is 0.309 e. The van der Waals surface area contributed by atoms with E-state index < -0.39 is 16.1 Å². The first-order valence-electron chi connectivity index (χ1n) is 30.1. The second kappa shape index (κ2) is 19.0. The molecule has 408 valence electrons. The molecule has 0 aliphatic carbocycles. The van der Waals surface area contributed by atoms with Crippen molar-refractivity contribution in [1.29, 1.82) is 0 Å². The van der Waals surface area contributed by atoms with Crippen molar-refractivity contribution in [1.82, 2.24) is 13.7 Å². The molecule has 0 spiro atoms. The van der Waals surface area contributed by atoms with E-state index in [0.29, 0.717) is 0 Å². The van der Waals surface area contributed by atoms with E-state index in [1.807, 2.05) is 0 Å². The van der Waals surface area contributed by atoms with Crippen molar-refractivity contribution < 1.29 is 0 Å². The predicted molar refractivity (Wildman–Crippen MR) is 368 cm³/mol. The number of nitrogens with zero attached hydrogens (tertiary/aromatic N) is 3. The van der Waals surface area contributed by atoms with Crippen LogP contribution in [0.25, 0.3) is 82.5 Å². The van der Waals surface area contributed by atoms with Crippen LogP contribution in [0, 0.1) is 0 Å². The number of para-hydroxylation sites is 2. The number of benzene rings is 12. The summed E-state index contributed by atoms with van der Waals surface area (Å²) < 4.78 is 7.54. The molecule has 4 heterocycles. The monoisotopic (exact) mass is 1120 g/mol. The lowest BCUT2D eigenvalue weighted by molar-refractivity contribution is 0.590. The van der Waals surface area contributed by atoms with E-state index in [9.17, 15) is 0 Å². The Kier molecular flexibility index (Phi) is 11.4. The van der Waals surface area contributed by atoms with E-state index in [4.69, 9.17) is 0 Å². The Balaban J connectivity index is 0.980. The molecule has 0 unspecified atom stereocenters. The van der Waals surface area contributed by atoms with Gasteiger partial charge in [-0.2, -0.15) is 0 Å². The van der Waals surface area contributed by atoms with E-state index >= 15 is 0 Å². The van der Waals surface area contributed by atoms with Gasteiger partial charge in [0.1, 0.15) is 0 Å². The molecule has 12 aromatic carbocycles. The molecule has 1 aliphatic heterocycles. The Hall–Kier alpha value is -9.53. The maximum Gasteiger partial charge on any atom is 0.179 e. The van der Waals surface area contributed by atoms with Crippen LogP contribution in [-0.4, -0.2) is 29.8 Å². The Morgan fingerprint density at radius 3 is 0.906 bits per heavy atom. The zero-order valence-electron chi connectivity index (χ0n) is 49.0. The van der Waals surface area contributed by atoms with Crippen LogP contribution in [0.3, 0.4) is 0 Å². The molecule has 0 saturated heterocycles. The van der Waals surface area contributed by atoms with Crippen LogP contribution in [0.15, 0.2) is 285 Å². The Morgan fingerprint density at radius 1 is 0.224 bits per heavy atom. The summed E-state index contributed by atoms with van der Waals surface area (Å²) in [5.74, 6) is 0. The lowest BCUT2D eigenvalue weighted by Crippen LogP contribution is -2.93. The van der Waals surface area contributed by atoms with Crippen LogP contribution in [0.5, 0.6) is 0 Å². The summed E-state index contributed by atoms with van der Waals surface area (Å²) in [6.07, 6.45) is 0. The van der Waals surface area contributed by atoms with Crippen LogP contribution < -0.4 is 41.5 Å². The Bertz CT molecular complexity index is 4930. The summed E-state index contributed by atoms with van der Waals surface area (Å²) >= 11 is 0. The van der Waals surface area contributed by atoms with E-state index in [1.165, 1.54) is 118 Å². The molecule has 3 aromatic heterocycles. The van der Waals surface area contributed by atoms with E-state index in [2.05, 4.69) is 340 Å². The SMILES string of the molecule is CC(C)(C)c1ccc2c(c1)c1cc(C(C)(C)C)ccc1n2-c1ccc2c(c1)c1cc(-n3c4ccccc4c4ccccc43)ccc1n2-c1cccc([Si]2(c3ccccc3)c3ccccc3[Si](c3ccccc3)(c3ccccc3)c3ccccc32)c1. The summed E-state index contributed by atoms with van der Waals surface area (Å²) in [5, 5.41) is 18.9. The van der Waals surface area contributed by atoms with Gasteiger partial charge in [0.05, 0.1) is 33.1 Å². The van der Waals surface area contributed by atoms with E-state index in [1.54, 1.807) is 0 Å². The van der Waals surface area contributed by atoms with Gasteiger partial charge in [0.2, 0.25) is 0 Å². The zero-order valence-corrected chi connectivity index (χ0v) is 51.0. The van der Waals surface area contributed by atoms with Gasteiger partial charge in [-0.05, 0) is 148 Å². The van der Waals surface area contributed by atoms with E-state index in [-0.39, 0.29) is 10.8 Å². The second-order valence-electron chi connectivity index (χ2n) is 25.6. The van der Waals surface area contributed by atoms with E-state index in [0.717, 1.165) is 17.1 Å². The van der Waals surface area contributed by atoms with Gasteiger partial charge in [-0.15, -0.1) is 0 Å². The molecule has 0 atom stereocenters. The first kappa shape index (κ1) is 51.1. The summed E-state index contributed by atoms with van der Waals surface area (Å²) in [7, 11) is -6.02. The minimum Gasteiger partial charge on any atom is -0.309 e. The number of rotatable bonds is 7.